The van der Waals surface area contributed by atoms with Gasteiger partial charge in [0.2, 0.25) is 0 Å². The van der Waals surface area contributed by atoms with Crippen LogP contribution in [-0.2, 0) is 19.1 Å². The highest BCUT2D eigenvalue weighted by atomic mass is 16.6. The molecule has 0 heterocycles. The molecule has 5 nitrogen and oxygen atoms in total. The number of allylic oxidation sites excluding steroid dienone is 2. The number of aliphatic hydroxyl groups excluding tert-OH is 1. The molecule has 0 fully saturated rings. The van der Waals surface area contributed by atoms with Gasteiger partial charge >= 0.3 is 11.9 Å². The molecule has 0 saturated carbocycles. The Morgan fingerprint density at radius 2 is 0.685 bits per heavy atom. The molecule has 0 aliphatic heterocycles. The average Bonchev–Trinajstić information content (AvgIpc) is 3.17. The van der Waals surface area contributed by atoms with Crippen molar-refractivity contribution in [2.45, 2.75) is 277 Å². The Kier molecular flexibility index (Phi) is 44.9. The van der Waals surface area contributed by atoms with Gasteiger partial charge in [-0.15, -0.1) is 0 Å². The predicted octanol–water partition coefficient (Wildman–Crippen LogP) is 15.6. The molecule has 54 heavy (non-hydrogen) atoms. The Hall–Kier alpha value is -1.36. The molecule has 0 rings (SSSR count). The molecule has 0 aliphatic rings. The van der Waals surface area contributed by atoms with Crippen LogP contribution >= 0.6 is 0 Å². The quantitative estimate of drug-likeness (QED) is 0.0380. The highest BCUT2D eigenvalue weighted by Gasteiger charge is 2.16. The van der Waals surface area contributed by atoms with E-state index in [1.54, 1.807) is 0 Å². The third kappa shape index (κ3) is 43.4. The van der Waals surface area contributed by atoms with E-state index >= 15 is 0 Å². The predicted molar refractivity (Wildman–Crippen MR) is 233 cm³/mol. The van der Waals surface area contributed by atoms with Crippen LogP contribution in [0, 0.1) is 0 Å². The molecule has 0 spiro atoms. The van der Waals surface area contributed by atoms with Crippen molar-refractivity contribution in [2.24, 2.45) is 0 Å². The van der Waals surface area contributed by atoms with E-state index in [4.69, 9.17) is 9.47 Å². The third-order valence-corrected chi connectivity index (χ3v) is 11.1. The monoisotopic (exact) mass is 763 g/mol. The van der Waals surface area contributed by atoms with E-state index in [0.717, 1.165) is 38.5 Å². The SMILES string of the molecule is CCCCCCCC/C=C\CCCCCCCCCCCC(=O)OC[C@H](CO)OC(=O)CCCCCCCCCCCCCCCCCCCCCCC. The number of unbranched alkanes of at least 4 members (excludes halogenated alkanes) is 35. The molecular weight excluding hydrogens is 669 g/mol. The topological polar surface area (TPSA) is 72.8 Å². The summed E-state index contributed by atoms with van der Waals surface area (Å²) in [5.74, 6) is -0.576. The van der Waals surface area contributed by atoms with Crippen LogP contribution < -0.4 is 0 Å². The fraction of sp³-hybridized carbons (Fsp3) is 0.918. The maximum Gasteiger partial charge on any atom is 0.306 e. The molecule has 0 aromatic rings. The molecule has 1 atom stereocenters. The van der Waals surface area contributed by atoms with Gasteiger partial charge in [0.1, 0.15) is 6.61 Å². The summed E-state index contributed by atoms with van der Waals surface area (Å²) >= 11 is 0. The van der Waals surface area contributed by atoms with Gasteiger partial charge in [0.15, 0.2) is 6.10 Å². The minimum absolute atomic E-state index is 0.0602. The van der Waals surface area contributed by atoms with E-state index in [2.05, 4.69) is 26.0 Å². The van der Waals surface area contributed by atoms with E-state index in [1.807, 2.05) is 0 Å². The summed E-state index contributed by atoms with van der Waals surface area (Å²) in [6.45, 7) is 4.18. The Labute approximate surface area is 337 Å². The molecule has 0 aromatic heterocycles. The fourth-order valence-corrected chi connectivity index (χ4v) is 7.38. The summed E-state index contributed by atoms with van der Waals surface area (Å²) in [5, 5.41) is 9.61. The molecule has 0 bridgehead atoms. The van der Waals surface area contributed by atoms with Crippen LogP contribution in [0.3, 0.4) is 0 Å². The minimum Gasteiger partial charge on any atom is -0.462 e. The van der Waals surface area contributed by atoms with Gasteiger partial charge in [-0.2, -0.15) is 0 Å². The van der Waals surface area contributed by atoms with Gasteiger partial charge in [0.05, 0.1) is 6.61 Å². The first kappa shape index (κ1) is 52.6. The van der Waals surface area contributed by atoms with Gasteiger partial charge < -0.3 is 14.6 Å². The second-order valence-electron chi connectivity index (χ2n) is 16.5. The average molecular weight is 763 g/mol. The second kappa shape index (κ2) is 46.0. The van der Waals surface area contributed by atoms with Crippen molar-refractivity contribution < 1.29 is 24.2 Å². The molecule has 1 N–H and O–H groups in total. The zero-order valence-electron chi connectivity index (χ0n) is 36.5. The van der Waals surface area contributed by atoms with Gasteiger partial charge in [-0.3, -0.25) is 9.59 Å². The largest absolute Gasteiger partial charge is 0.462 e. The highest BCUT2D eigenvalue weighted by molar-refractivity contribution is 5.70. The van der Waals surface area contributed by atoms with Crippen molar-refractivity contribution >= 4 is 11.9 Å². The maximum atomic E-state index is 12.2. The highest BCUT2D eigenvalue weighted by Crippen LogP contribution is 2.16. The first-order valence-corrected chi connectivity index (χ1v) is 24.2. The van der Waals surface area contributed by atoms with Crippen molar-refractivity contribution in [3.63, 3.8) is 0 Å². The zero-order chi connectivity index (χ0) is 39.3. The first-order chi connectivity index (χ1) is 26.6. The summed E-state index contributed by atoms with van der Waals surface area (Å²) in [6, 6.07) is 0. The number of hydrogen-bond acceptors (Lipinski definition) is 5. The summed E-state index contributed by atoms with van der Waals surface area (Å²) < 4.78 is 10.7. The van der Waals surface area contributed by atoms with Gasteiger partial charge in [-0.1, -0.05) is 231 Å². The first-order valence-electron chi connectivity index (χ1n) is 24.2. The third-order valence-electron chi connectivity index (χ3n) is 11.1. The minimum atomic E-state index is -0.766. The lowest BCUT2D eigenvalue weighted by molar-refractivity contribution is -0.161. The van der Waals surface area contributed by atoms with Gasteiger partial charge in [0, 0.05) is 12.8 Å². The van der Waals surface area contributed by atoms with Crippen molar-refractivity contribution in [3.05, 3.63) is 12.2 Å². The summed E-state index contributed by atoms with van der Waals surface area (Å²) in [7, 11) is 0. The Balaban J connectivity index is 3.46. The fourth-order valence-electron chi connectivity index (χ4n) is 7.38. The van der Waals surface area contributed by atoms with Crippen LogP contribution in [-0.4, -0.2) is 36.4 Å². The van der Waals surface area contributed by atoms with E-state index in [9.17, 15) is 14.7 Å². The molecular formula is C49H94O5. The summed E-state index contributed by atoms with van der Waals surface area (Å²) in [5.41, 5.74) is 0. The number of rotatable bonds is 45. The smallest absolute Gasteiger partial charge is 0.306 e. The van der Waals surface area contributed by atoms with Gasteiger partial charge in [-0.05, 0) is 38.5 Å². The zero-order valence-corrected chi connectivity index (χ0v) is 36.5. The number of hydrogen-bond donors (Lipinski definition) is 1. The number of esters is 2. The molecule has 0 amide bonds. The molecule has 0 radical (unpaired) electrons. The van der Waals surface area contributed by atoms with Crippen molar-refractivity contribution in [1.29, 1.82) is 0 Å². The van der Waals surface area contributed by atoms with Crippen LogP contribution in [0.2, 0.25) is 0 Å². The van der Waals surface area contributed by atoms with Crippen molar-refractivity contribution in [1.82, 2.24) is 0 Å². The lowest BCUT2D eigenvalue weighted by Crippen LogP contribution is -2.28. The Morgan fingerprint density at radius 3 is 1.00 bits per heavy atom. The van der Waals surface area contributed by atoms with Crippen LogP contribution in [0.25, 0.3) is 0 Å². The van der Waals surface area contributed by atoms with Gasteiger partial charge in [-0.25, -0.2) is 0 Å². The second-order valence-corrected chi connectivity index (χ2v) is 16.5. The van der Waals surface area contributed by atoms with Crippen LogP contribution in [0.4, 0.5) is 0 Å². The number of aliphatic hydroxyl groups is 1. The lowest BCUT2D eigenvalue weighted by Gasteiger charge is -2.15. The van der Waals surface area contributed by atoms with E-state index in [-0.39, 0.29) is 25.2 Å². The summed E-state index contributed by atoms with van der Waals surface area (Å²) in [4.78, 5) is 24.4. The van der Waals surface area contributed by atoms with E-state index in [1.165, 1.54) is 205 Å². The normalized spacial score (nSPS) is 12.1. The van der Waals surface area contributed by atoms with Crippen molar-refractivity contribution in [3.8, 4) is 0 Å². The summed E-state index contributed by atoms with van der Waals surface area (Å²) in [6.07, 6.45) is 54.4. The Bertz CT molecular complexity index is 780. The van der Waals surface area contributed by atoms with E-state index < -0.39 is 6.10 Å². The molecule has 0 aromatic carbocycles. The van der Waals surface area contributed by atoms with E-state index in [0.29, 0.717) is 12.8 Å². The number of carbonyl (C=O) groups excluding carboxylic acids is 2. The maximum absolute atomic E-state index is 12.2. The van der Waals surface area contributed by atoms with Crippen LogP contribution in [0.15, 0.2) is 12.2 Å². The van der Waals surface area contributed by atoms with Crippen LogP contribution in [0.5, 0.6) is 0 Å². The van der Waals surface area contributed by atoms with Crippen molar-refractivity contribution in [2.75, 3.05) is 13.2 Å². The van der Waals surface area contributed by atoms with Gasteiger partial charge in [0.25, 0.3) is 0 Å². The Morgan fingerprint density at radius 1 is 0.407 bits per heavy atom. The van der Waals surface area contributed by atoms with Crippen LogP contribution in [0.1, 0.15) is 271 Å². The number of carbonyl (C=O) groups is 2. The lowest BCUT2D eigenvalue weighted by atomic mass is 10.0. The molecule has 320 valence electrons. The number of ether oxygens (including phenoxy) is 2. The molecule has 0 unspecified atom stereocenters. The molecule has 0 aliphatic carbocycles. The molecule has 0 saturated heterocycles. The standard InChI is InChI=1S/C49H94O5/c1-3-5-7-9-11-13-15-17-19-21-23-24-26-28-30-32-34-36-38-40-42-44-49(52)54-47(45-50)46-53-48(51)43-41-39-37-35-33-31-29-27-25-22-20-18-16-14-12-10-8-6-4-2/h18,20,47,50H,3-17,19,21-46H2,1-2H3/b20-18-/t47-/m0/s1. The molecule has 5 heteroatoms.